The molecule has 3 saturated carbocycles. The molecule has 0 aromatic carbocycles. The van der Waals surface area contributed by atoms with Crippen molar-refractivity contribution in [3.8, 4) is 0 Å². The van der Waals surface area contributed by atoms with Gasteiger partial charge in [-0.15, -0.1) is 0 Å². The standard InChI is InChI=1S/C11H16O/c12-10-8-3-4-9(7-8)11(10)5-1-2-6-11/h8-9H,1-7H2. The molecular weight excluding hydrogens is 148 g/mol. The maximum absolute atomic E-state index is 12.0. The molecule has 1 nitrogen and oxygen atoms in total. The summed E-state index contributed by atoms with van der Waals surface area (Å²) in [6.07, 6.45) is 8.91. The average molecular weight is 164 g/mol. The van der Waals surface area contributed by atoms with Crippen LogP contribution in [0.5, 0.6) is 0 Å². The molecule has 1 spiro atoms. The minimum absolute atomic E-state index is 0.225. The van der Waals surface area contributed by atoms with Gasteiger partial charge in [0.1, 0.15) is 5.78 Å². The molecule has 0 aromatic heterocycles. The molecule has 0 radical (unpaired) electrons. The Hall–Kier alpha value is -0.330. The van der Waals surface area contributed by atoms with Crippen LogP contribution in [0, 0.1) is 17.3 Å². The normalized spacial score (nSPS) is 43.2. The number of Topliss-reactive ketones (excluding diaryl/α,β-unsaturated/α-hetero) is 1. The molecule has 1 heteroatoms. The number of carbonyl (C=O) groups excluding carboxylic acids is 1. The zero-order valence-corrected chi connectivity index (χ0v) is 7.51. The summed E-state index contributed by atoms with van der Waals surface area (Å²) < 4.78 is 0. The van der Waals surface area contributed by atoms with Crippen molar-refractivity contribution in [3.63, 3.8) is 0 Å². The van der Waals surface area contributed by atoms with E-state index in [2.05, 4.69) is 0 Å². The highest BCUT2D eigenvalue weighted by molar-refractivity contribution is 5.90. The Morgan fingerprint density at radius 3 is 2.50 bits per heavy atom. The van der Waals surface area contributed by atoms with Crippen molar-refractivity contribution in [1.29, 1.82) is 0 Å². The molecule has 12 heavy (non-hydrogen) atoms. The second-order valence-corrected chi connectivity index (χ2v) is 4.93. The number of fused-ring (bicyclic) bond motifs is 3. The first kappa shape index (κ1) is 7.11. The van der Waals surface area contributed by atoms with Crippen LogP contribution in [-0.4, -0.2) is 5.78 Å². The zero-order valence-electron chi connectivity index (χ0n) is 7.51. The lowest BCUT2D eigenvalue weighted by molar-refractivity contribution is -0.132. The van der Waals surface area contributed by atoms with Crippen LogP contribution in [-0.2, 0) is 4.79 Å². The van der Waals surface area contributed by atoms with Crippen molar-refractivity contribution in [2.24, 2.45) is 17.3 Å². The Balaban J connectivity index is 1.99. The van der Waals surface area contributed by atoms with Crippen molar-refractivity contribution < 1.29 is 4.79 Å². The first-order valence-corrected chi connectivity index (χ1v) is 5.37. The number of rotatable bonds is 0. The molecular formula is C11H16O. The van der Waals surface area contributed by atoms with Crippen LogP contribution in [0.25, 0.3) is 0 Å². The molecule has 0 saturated heterocycles. The monoisotopic (exact) mass is 164 g/mol. The van der Waals surface area contributed by atoms with Gasteiger partial charge >= 0.3 is 0 Å². The highest BCUT2D eigenvalue weighted by atomic mass is 16.1. The van der Waals surface area contributed by atoms with Crippen LogP contribution in [0.2, 0.25) is 0 Å². The largest absolute Gasteiger partial charge is 0.299 e. The van der Waals surface area contributed by atoms with Gasteiger partial charge in [0.05, 0.1) is 0 Å². The Morgan fingerprint density at radius 2 is 1.92 bits per heavy atom. The van der Waals surface area contributed by atoms with E-state index >= 15 is 0 Å². The summed E-state index contributed by atoms with van der Waals surface area (Å²) in [5, 5.41) is 0. The fourth-order valence-electron chi connectivity index (χ4n) is 3.99. The SMILES string of the molecule is O=C1C2CCC(C2)C12CCCC2. The van der Waals surface area contributed by atoms with Gasteiger partial charge in [-0.3, -0.25) is 4.79 Å². The van der Waals surface area contributed by atoms with Crippen LogP contribution >= 0.6 is 0 Å². The van der Waals surface area contributed by atoms with Crippen LogP contribution in [0.3, 0.4) is 0 Å². The summed E-state index contributed by atoms with van der Waals surface area (Å²) in [6.45, 7) is 0. The fourth-order valence-corrected chi connectivity index (χ4v) is 3.99. The second kappa shape index (κ2) is 2.12. The molecule has 2 unspecified atom stereocenters. The lowest BCUT2D eigenvalue weighted by atomic mass is 9.71. The Labute approximate surface area is 73.5 Å². The maximum atomic E-state index is 12.0. The number of ketones is 1. The predicted octanol–water partition coefficient (Wildman–Crippen LogP) is 2.55. The molecule has 0 N–H and O–H groups in total. The van der Waals surface area contributed by atoms with Gasteiger partial charge < -0.3 is 0 Å². The topological polar surface area (TPSA) is 17.1 Å². The van der Waals surface area contributed by atoms with Gasteiger partial charge in [0, 0.05) is 11.3 Å². The van der Waals surface area contributed by atoms with Crippen molar-refractivity contribution in [2.75, 3.05) is 0 Å². The van der Waals surface area contributed by atoms with Gasteiger partial charge in [-0.2, -0.15) is 0 Å². The smallest absolute Gasteiger partial charge is 0.142 e. The maximum Gasteiger partial charge on any atom is 0.142 e. The Morgan fingerprint density at radius 1 is 1.17 bits per heavy atom. The second-order valence-electron chi connectivity index (χ2n) is 4.93. The van der Waals surface area contributed by atoms with E-state index < -0.39 is 0 Å². The summed E-state index contributed by atoms with van der Waals surface area (Å²) in [7, 11) is 0. The van der Waals surface area contributed by atoms with E-state index in [9.17, 15) is 4.79 Å². The molecule has 2 atom stereocenters. The third kappa shape index (κ3) is 0.641. The predicted molar refractivity (Wildman–Crippen MR) is 46.7 cm³/mol. The fraction of sp³-hybridized carbons (Fsp3) is 0.909. The number of hydrogen-bond acceptors (Lipinski definition) is 1. The summed E-state index contributed by atoms with van der Waals surface area (Å²) in [6, 6.07) is 0. The van der Waals surface area contributed by atoms with Gasteiger partial charge in [0.15, 0.2) is 0 Å². The van der Waals surface area contributed by atoms with E-state index in [1.807, 2.05) is 0 Å². The van der Waals surface area contributed by atoms with E-state index in [0.29, 0.717) is 11.7 Å². The van der Waals surface area contributed by atoms with E-state index in [4.69, 9.17) is 0 Å². The summed E-state index contributed by atoms with van der Waals surface area (Å²) in [5.41, 5.74) is 0.225. The van der Waals surface area contributed by atoms with E-state index in [-0.39, 0.29) is 5.41 Å². The van der Waals surface area contributed by atoms with E-state index in [1.165, 1.54) is 44.9 Å². The molecule has 3 aliphatic carbocycles. The molecule has 0 amide bonds. The van der Waals surface area contributed by atoms with Crippen molar-refractivity contribution in [2.45, 2.75) is 44.9 Å². The van der Waals surface area contributed by atoms with Gasteiger partial charge in [-0.25, -0.2) is 0 Å². The van der Waals surface area contributed by atoms with Crippen molar-refractivity contribution >= 4 is 5.78 Å². The van der Waals surface area contributed by atoms with E-state index in [0.717, 1.165) is 5.92 Å². The van der Waals surface area contributed by atoms with Gasteiger partial charge in [0.2, 0.25) is 0 Å². The lowest BCUT2D eigenvalue weighted by Gasteiger charge is -2.31. The van der Waals surface area contributed by atoms with Crippen LogP contribution in [0.4, 0.5) is 0 Å². The molecule has 3 rings (SSSR count). The first-order valence-electron chi connectivity index (χ1n) is 5.37. The van der Waals surface area contributed by atoms with Crippen LogP contribution in [0.1, 0.15) is 44.9 Å². The third-order valence-corrected chi connectivity index (χ3v) is 4.57. The number of hydrogen-bond donors (Lipinski definition) is 0. The molecule has 3 aliphatic rings. The quantitative estimate of drug-likeness (QED) is 0.537. The lowest BCUT2D eigenvalue weighted by Crippen LogP contribution is -2.33. The van der Waals surface area contributed by atoms with Gasteiger partial charge in [0.25, 0.3) is 0 Å². The van der Waals surface area contributed by atoms with E-state index in [1.54, 1.807) is 0 Å². The molecule has 66 valence electrons. The third-order valence-electron chi connectivity index (χ3n) is 4.57. The molecule has 0 aliphatic heterocycles. The van der Waals surface area contributed by atoms with Crippen LogP contribution < -0.4 is 0 Å². The van der Waals surface area contributed by atoms with Crippen LogP contribution in [0.15, 0.2) is 0 Å². The summed E-state index contributed by atoms with van der Waals surface area (Å²) in [4.78, 5) is 12.0. The highest BCUT2D eigenvalue weighted by Crippen LogP contribution is 2.60. The minimum atomic E-state index is 0.225. The van der Waals surface area contributed by atoms with Crippen molar-refractivity contribution in [3.05, 3.63) is 0 Å². The summed E-state index contributed by atoms with van der Waals surface area (Å²) in [5.74, 6) is 1.96. The van der Waals surface area contributed by atoms with Gasteiger partial charge in [-0.1, -0.05) is 12.8 Å². The minimum Gasteiger partial charge on any atom is -0.299 e. The highest BCUT2D eigenvalue weighted by Gasteiger charge is 2.58. The molecule has 3 fully saturated rings. The zero-order chi connectivity index (χ0) is 8.18. The molecule has 0 aromatic rings. The van der Waals surface area contributed by atoms with Gasteiger partial charge in [-0.05, 0) is 38.0 Å². The van der Waals surface area contributed by atoms with Crippen molar-refractivity contribution in [1.82, 2.24) is 0 Å². The average Bonchev–Trinajstić information content (AvgIpc) is 2.75. The Kier molecular flexibility index (Phi) is 1.26. The first-order chi connectivity index (χ1) is 5.83. The number of carbonyl (C=O) groups is 1. The molecule has 0 heterocycles. The molecule has 2 bridgehead atoms. The Bertz CT molecular complexity index is 225. The summed E-state index contributed by atoms with van der Waals surface area (Å²) >= 11 is 0.